The van der Waals surface area contributed by atoms with Gasteiger partial charge in [0.25, 0.3) is 0 Å². The zero-order chi connectivity index (χ0) is 10.8. The largest absolute Gasteiger partial charge is 0.464 e. The maximum absolute atomic E-state index is 11.6. The molecule has 0 spiro atoms. The fourth-order valence-electron chi connectivity index (χ4n) is 1.63. The normalized spacial score (nSPS) is 15.0. The molecule has 0 saturated heterocycles. The first-order chi connectivity index (χ1) is 7.20. The number of furan rings is 1. The molecule has 1 fully saturated rings. The highest BCUT2D eigenvalue weighted by Crippen LogP contribution is 2.28. The molecule has 1 saturated carbocycles. The molecule has 0 atom stereocenters. The Morgan fingerprint density at radius 1 is 1.67 bits per heavy atom. The van der Waals surface area contributed by atoms with E-state index >= 15 is 0 Å². The molecule has 0 N–H and O–H groups in total. The average Bonchev–Trinajstić information content (AvgIpc) is 2.98. The second-order valence-corrected chi connectivity index (χ2v) is 3.91. The van der Waals surface area contributed by atoms with Crippen molar-refractivity contribution in [1.29, 1.82) is 0 Å². The van der Waals surface area contributed by atoms with Crippen LogP contribution in [-0.4, -0.2) is 16.8 Å². The number of hydrogen-bond donors (Lipinski definition) is 0. The minimum Gasteiger partial charge on any atom is -0.464 e. The van der Waals surface area contributed by atoms with Gasteiger partial charge in [-0.1, -0.05) is 6.58 Å². The number of rotatable bonds is 4. The van der Waals surface area contributed by atoms with Gasteiger partial charge in [-0.15, -0.1) is 0 Å². The minimum atomic E-state index is -0.00782. The highest BCUT2D eigenvalue weighted by molar-refractivity contribution is 5.87. The van der Waals surface area contributed by atoms with E-state index in [2.05, 4.69) is 6.58 Å². The lowest BCUT2D eigenvalue weighted by Gasteiger charge is -2.19. The highest BCUT2D eigenvalue weighted by atomic mass is 16.3. The Labute approximate surface area is 89.4 Å². The maximum atomic E-state index is 11.6. The van der Waals surface area contributed by atoms with E-state index in [0.29, 0.717) is 12.6 Å². The summed E-state index contributed by atoms with van der Waals surface area (Å²) in [5.74, 6) is 1.72. The zero-order valence-corrected chi connectivity index (χ0v) is 8.90. The molecule has 1 aliphatic rings. The molecule has 0 aromatic carbocycles. The molecule has 0 bridgehead atoms. The van der Waals surface area contributed by atoms with Crippen molar-refractivity contribution >= 4 is 5.91 Å². The first-order valence-corrected chi connectivity index (χ1v) is 5.19. The smallest absolute Gasteiger partial charge is 0.246 e. The summed E-state index contributed by atoms with van der Waals surface area (Å²) in [5.41, 5.74) is 0. The highest BCUT2D eigenvalue weighted by Gasteiger charge is 2.31. The Morgan fingerprint density at radius 3 is 2.87 bits per heavy atom. The van der Waals surface area contributed by atoms with Gasteiger partial charge in [-0.3, -0.25) is 4.79 Å². The number of aryl methyl sites for hydroxylation is 1. The van der Waals surface area contributed by atoms with Gasteiger partial charge in [-0.2, -0.15) is 0 Å². The molecule has 1 amide bonds. The summed E-state index contributed by atoms with van der Waals surface area (Å²) in [7, 11) is 0. The molecule has 0 unspecified atom stereocenters. The Kier molecular flexibility index (Phi) is 2.62. The third-order valence-electron chi connectivity index (χ3n) is 2.57. The van der Waals surface area contributed by atoms with Gasteiger partial charge < -0.3 is 9.32 Å². The number of amides is 1. The van der Waals surface area contributed by atoms with E-state index in [0.717, 1.165) is 24.4 Å². The third kappa shape index (κ3) is 2.29. The van der Waals surface area contributed by atoms with Gasteiger partial charge in [0.15, 0.2) is 0 Å². The average molecular weight is 205 g/mol. The second-order valence-electron chi connectivity index (χ2n) is 3.91. The molecule has 1 aromatic heterocycles. The molecule has 0 radical (unpaired) electrons. The van der Waals surface area contributed by atoms with Crippen LogP contribution in [0.4, 0.5) is 0 Å². The SMILES string of the molecule is C=CC(=O)N(Cc1ccc(C)o1)C1CC1. The van der Waals surface area contributed by atoms with E-state index in [1.165, 1.54) is 6.08 Å². The van der Waals surface area contributed by atoms with Gasteiger partial charge in [0.05, 0.1) is 6.54 Å². The first-order valence-electron chi connectivity index (χ1n) is 5.19. The van der Waals surface area contributed by atoms with Gasteiger partial charge in [0, 0.05) is 6.04 Å². The maximum Gasteiger partial charge on any atom is 0.246 e. The Morgan fingerprint density at radius 2 is 2.40 bits per heavy atom. The van der Waals surface area contributed by atoms with E-state index in [1.807, 2.05) is 24.0 Å². The van der Waals surface area contributed by atoms with Crippen molar-refractivity contribution in [3.63, 3.8) is 0 Å². The van der Waals surface area contributed by atoms with Crippen LogP contribution in [0.15, 0.2) is 29.2 Å². The molecule has 1 aliphatic carbocycles. The molecule has 3 heteroatoms. The summed E-state index contributed by atoms with van der Waals surface area (Å²) < 4.78 is 5.46. The van der Waals surface area contributed by atoms with Gasteiger partial charge in [0.2, 0.25) is 5.91 Å². The van der Waals surface area contributed by atoms with Crippen molar-refractivity contribution in [3.8, 4) is 0 Å². The molecule has 1 heterocycles. The number of hydrogen-bond acceptors (Lipinski definition) is 2. The summed E-state index contributed by atoms with van der Waals surface area (Å²) in [5, 5.41) is 0. The lowest BCUT2D eigenvalue weighted by molar-refractivity contribution is -0.127. The van der Waals surface area contributed by atoms with Crippen LogP contribution in [0.25, 0.3) is 0 Å². The molecule has 1 aromatic rings. The monoisotopic (exact) mass is 205 g/mol. The van der Waals surface area contributed by atoms with Crippen LogP contribution >= 0.6 is 0 Å². The van der Waals surface area contributed by atoms with Gasteiger partial charge in [0.1, 0.15) is 11.5 Å². The van der Waals surface area contributed by atoms with Crippen LogP contribution in [0.3, 0.4) is 0 Å². The molecule has 3 nitrogen and oxygen atoms in total. The van der Waals surface area contributed by atoms with Gasteiger partial charge in [-0.05, 0) is 38.0 Å². The van der Waals surface area contributed by atoms with Crippen LogP contribution in [0.5, 0.6) is 0 Å². The van der Waals surface area contributed by atoms with Crippen molar-refractivity contribution in [2.24, 2.45) is 0 Å². The van der Waals surface area contributed by atoms with Crippen LogP contribution in [0.2, 0.25) is 0 Å². The molecule has 15 heavy (non-hydrogen) atoms. The Bertz CT molecular complexity index is 377. The summed E-state index contributed by atoms with van der Waals surface area (Å²) in [6.07, 6.45) is 3.56. The van der Waals surface area contributed by atoms with Gasteiger partial charge in [-0.25, -0.2) is 0 Å². The number of nitrogens with zero attached hydrogens (tertiary/aromatic N) is 1. The lowest BCUT2D eigenvalue weighted by Crippen LogP contribution is -2.30. The van der Waals surface area contributed by atoms with E-state index in [4.69, 9.17) is 4.42 Å². The topological polar surface area (TPSA) is 33.5 Å². The van der Waals surface area contributed by atoms with E-state index < -0.39 is 0 Å². The number of carbonyl (C=O) groups excluding carboxylic acids is 1. The molecule has 2 rings (SSSR count). The second kappa shape index (κ2) is 3.93. The number of carbonyl (C=O) groups is 1. The van der Waals surface area contributed by atoms with E-state index in [-0.39, 0.29) is 5.91 Å². The molecule has 80 valence electrons. The molecule has 0 aliphatic heterocycles. The van der Waals surface area contributed by atoms with Crippen molar-refractivity contribution in [1.82, 2.24) is 4.90 Å². The van der Waals surface area contributed by atoms with Crippen molar-refractivity contribution in [2.75, 3.05) is 0 Å². The quantitative estimate of drug-likeness (QED) is 0.706. The molecular weight excluding hydrogens is 190 g/mol. The van der Waals surface area contributed by atoms with Crippen LogP contribution in [-0.2, 0) is 11.3 Å². The van der Waals surface area contributed by atoms with Crippen LogP contribution in [0.1, 0.15) is 24.4 Å². The third-order valence-corrected chi connectivity index (χ3v) is 2.57. The molecular formula is C12H15NO2. The summed E-state index contributed by atoms with van der Waals surface area (Å²) in [6, 6.07) is 4.22. The Balaban J connectivity index is 2.06. The van der Waals surface area contributed by atoms with Crippen molar-refractivity contribution < 1.29 is 9.21 Å². The Hall–Kier alpha value is -1.51. The van der Waals surface area contributed by atoms with E-state index in [9.17, 15) is 4.79 Å². The fourth-order valence-corrected chi connectivity index (χ4v) is 1.63. The predicted molar refractivity (Wildman–Crippen MR) is 57.2 cm³/mol. The van der Waals surface area contributed by atoms with Crippen LogP contribution < -0.4 is 0 Å². The standard InChI is InChI=1S/C12H15NO2/c1-3-12(14)13(10-5-6-10)8-11-7-4-9(2)15-11/h3-4,7,10H,1,5-6,8H2,2H3. The summed E-state index contributed by atoms with van der Waals surface area (Å²) in [4.78, 5) is 13.4. The van der Waals surface area contributed by atoms with Crippen molar-refractivity contribution in [3.05, 3.63) is 36.3 Å². The van der Waals surface area contributed by atoms with Crippen molar-refractivity contribution in [2.45, 2.75) is 32.4 Å². The zero-order valence-electron chi connectivity index (χ0n) is 8.90. The first kappa shape index (κ1) is 10.0. The summed E-state index contributed by atoms with van der Waals surface area (Å²) in [6.45, 7) is 5.98. The summed E-state index contributed by atoms with van der Waals surface area (Å²) >= 11 is 0. The minimum absolute atomic E-state index is 0.00782. The van der Waals surface area contributed by atoms with E-state index in [1.54, 1.807) is 0 Å². The fraction of sp³-hybridized carbons (Fsp3) is 0.417. The lowest BCUT2D eigenvalue weighted by atomic mass is 10.3. The van der Waals surface area contributed by atoms with Crippen LogP contribution in [0, 0.1) is 6.92 Å². The van der Waals surface area contributed by atoms with Gasteiger partial charge >= 0.3 is 0 Å². The predicted octanol–water partition coefficient (Wildman–Crippen LogP) is 2.27.